The van der Waals surface area contributed by atoms with Gasteiger partial charge in [-0.2, -0.15) is 13.2 Å². The molecule has 0 spiro atoms. The van der Waals surface area contributed by atoms with E-state index in [1.807, 2.05) is 42.1 Å². The number of nitrogens with one attached hydrogen (secondary N) is 1. The van der Waals surface area contributed by atoms with Crippen molar-refractivity contribution in [3.63, 3.8) is 0 Å². The summed E-state index contributed by atoms with van der Waals surface area (Å²) in [5.41, 5.74) is 7.02. The smallest absolute Gasteiger partial charge is 0.373 e. The van der Waals surface area contributed by atoms with E-state index in [1.165, 1.54) is 17.4 Å². The Morgan fingerprint density at radius 1 is 1.05 bits per heavy atom. The Hall–Kier alpha value is -3.70. The Balaban J connectivity index is 1.58. The van der Waals surface area contributed by atoms with Crippen LogP contribution in [0, 0.1) is 0 Å². The fraction of sp³-hybridized carbons (Fsp3) is 0.269. The molecule has 37 heavy (non-hydrogen) atoms. The third-order valence-corrected chi connectivity index (χ3v) is 6.93. The quantitative estimate of drug-likeness (QED) is 0.310. The summed E-state index contributed by atoms with van der Waals surface area (Å²) in [6.07, 6.45) is -2.08. The Labute approximate surface area is 216 Å². The lowest BCUT2D eigenvalue weighted by molar-refractivity contribution is -0.137. The molecule has 2 heterocycles. The van der Waals surface area contributed by atoms with Crippen molar-refractivity contribution >= 4 is 45.5 Å². The predicted octanol–water partition coefficient (Wildman–Crippen LogP) is 5.60. The summed E-state index contributed by atoms with van der Waals surface area (Å²) in [5, 5.41) is 3.51. The van der Waals surface area contributed by atoms with E-state index in [9.17, 15) is 18.0 Å². The standard InChI is InChI=1S/C26H27F3N6OS/c1-34(2)11-4-12-35(3)21-8-6-18(26(27,28)29)14-20(21)32-24(36)23-10-9-22(37-23)16-5-7-19-17(13-16)15-31-25(30)33-19/h5-10,13-15H,4,11-12H2,1-3H3,(H,32,36)(H2,30,31,33). The highest BCUT2D eigenvalue weighted by Crippen LogP contribution is 2.36. The van der Waals surface area contributed by atoms with Crippen molar-refractivity contribution in [3.8, 4) is 10.4 Å². The molecule has 2 aromatic carbocycles. The molecule has 2 aromatic heterocycles. The van der Waals surface area contributed by atoms with Crippen LogP contribution in [0.2, 0.25) is 0 Å². The van der Waals surface area contributed by atoms with Gasteiger partial charge in [0, 0.05) is 30.1 Å². The van der Waals surface area contributed by atoms with Gasteiger partial charge in [-0.3, -0.25) is 4.79 Å². The molecule has 0 aliphatic carbocycles. The van der Waals surface area contributed by atoms with Gasteiger partial charge in [-0.1, -0.05) is 6.07 Å². The van der Waals surface area contributed by atoms with Crippen molar-refractivity contribution in [2.75, 3.05) is 50.2 Å². The molecule has 7 nitrogen and oxygen atoms in total. The number of amides is 1. The highest BCUT2D eigenvalue weighted by molar-refractivity contribution is 7.17. The second-order valence-electron chi connectivity index (χ2n) is 8.93. The number of anilines is 3. The SMILES string of the molecule is CN(C)CCCN(C)c1ccc(C(F)(F)F)cc1NC(=O)c1ccc(-c2ccc3nc(N)ncc3c2)s1. The molecule has 194 valence electrons. The monoisotopic (exact) mass is 528 g/mol. The minimum atomic E-state index is -4.53. The molecule has 0 aliphatic heterocycles. The number of carbonyl (C=O) groups is 1. The maximum atomic E-state index is 13.4. The first-order chi connectivity index (χ1) is 17.5. The highest BCUT2D eigenvalue weighted by Gasteiger charge is 2.31. The van der Waals surface area contributed by atoms with Crippen LogP contribution in [0.15, 0.2) is 54.7 Å². The molecular formula is C26H27F3N6OS. The average Bonchev–Trinajstić information content (AvgIpc) is 3.33. The van der Waals surface area contributed by atoms with Crippen LogP contribution in [-0.2, 0) is 6.18 Å². The summed E-state index contributed by atoms with van der Waals surface area (Å²) < 4.78 is 40.3. The molecule has 0 unspecified atom stereocenters. The zero-order chi connectivity index (χ0) is 26.7. The number of fused-ring (bicyclic) bond motifs is 1. The largest absolute Gasteiger partial charge is 0.416 e. The maximum Gasteiger partial charge on any atom is 0.416 e. The maximum absolute atomic E-state index is 13.4. The van der Waals surface area contributed by atoms with Crippen LogP contribution in [0.4, 0.5) is 30.5 Å². The number of nitrogens with two attached hydrogens (primary N) is 1. The Morgan fingerprint density at radius 2 is 1.84 bits per heavy atom. The number of thiophene rings is 1. The van der Waals surface area contributed by atoms with Crippen LogP contribution >= 0.6 is 11.3 Å². The lowest BCUT2D eigenvalue weighted by atomic mass is 10.1. The number of nitrogen functional groups attached to an aromatic ring is 1. The second-order valence-corrected chi connectivity index (χ2v) is 10.0. The van der Waals surface area contributed by atoms with E-state index in [-0.39, 0.29) is 11.6 Å². The zero-order valence-corrected chi connectivity index (χ0v) is 21.5. The molecule has 0 saturated heterocycles. The minimum Gasteiger partial charge on any atom is -0.373 e. The lowest BCUT2D eigenvalue weighted by Gasteiger charge is -2.24. The zero-order valence-electron chi connectivity index (χ0n) is 20.6. The predicted molar refractivity (Wildman–Crippen MR) is 143 cm³/mol. The Morgan fingerprint density at radius 3 is 2.57 bits per heavy atom. The first-order valence-electron chi connectivity index (χ1n) is 11.5. The number of hydrogen-bond acceptors (Lipinski definition) is 7. The molecule has 0 fully saturated rings. The summed E-state index contributed by atoms with van der Waals surface area (Å²) in [6, 6.07) is 12.5. The van der Waals surface area contributed by atoms with E-state index >= 15 is 0 Å². The van der Waals surface area contributed by atoms with E-state index in [4.69, 9.17) is 5.73 Å². The van der Waals surface area contributed by atoms with E-state index in [0.717, 1.165) is 40.9 Å². The van der Waals surface area contributed by atoms with Crippen LogP contribution in [0.25, 0.3) is 21.3 Å². The van der Waals surface area contributed by atoms with Gasteiger partial charge in [-0.05, 0) is 75.1 Å². The fourth-order valence-electron chi connectivity index (χ4n) is 3.89. The number of alkyl halides is 3. The van der Waals surface area contributed by atoms with E-state index in [1.54, 1.807) is 25.4 Å². The van der Waals surface area contributed by atoms with Gasteiger partial charge in [0.05, 0.1) is 27.3 Å². The first-order valence-corrected chi connectivity index (χ1v) is 12.3. The number of benzene rings is 2. The second kappa shape index (κ2) is 10.7. The van der Waals surface area contributed by atoms with Crippen LogP contribution < -0.4 is 16.0 Å². The topological polar surface area (TPSA) is 87.4 Å². The number of aromatic nitrogens is 2. The van der Waals surface area contributed by atoms with Gasteiger partial charge in [-0.25, -0.2) is 9.97 Å². The summed E-state index contributed by atoms with van der Waals surface area (Å²) in [7, 11) is 5.72. The van der Waals surface area contributed by atoms with Crippen molar-refractivity contribution in [2.24, 2.45) is 0 Å². The van der Waals surface area contributed by atoms with Gasteiger partial charge in [-0.15, -0.1) is 11.3 Å². The van der Waals surface area contributed by atoms with Gasteiger partial charge in [0.2, 0.25) is 5.95 Å². The van der Waals surface area contributed by atoms with Crippen LogP contribution in [0.1, 0.15) is 21.7 Å². The lowest BCUT2D eigenvalue weighted by Crippen LogP contribution is -2.25. The highest BCUT2D eigenvalue weighted by atomic mass is 32.1. The number of halogens is 3. The van der Waals surface area contributed by atoms with Gasteiger partial charge in [0.1, 0.15) is 0 Å². The number of rotatable bonds is 8. The molecule has 0 saturated carbocycles. The van der Waals surface area contributed by atoms with Crippen molar-refractivity contribution in [3.05, 3.63) is 65.2 Å². The summed E-state index contributed by atoms with van der Waals surface area (Å²) in [5.74, 6) is -0.289. The van der Waals surface area contributed by atoms with Gasteiger partial charge in [0.25, 0.3) is 5.91 Å². The number of nitrogens with zero attached hydrogens (tertiary/aromatic N) is 4. The number of carbonyl (C=O) groups excluding carboxylic acids is 1. The third-order valence-electron chi connectivity index (χ3n) is 5.79. The molecule has 0 atom stereocenters. The Kier molecular flexibility index (Phi) is 7.65. The van der Waals surface area contributed by atoms with Crippen LogP contribution in [0.3, 0.4) is 0 Å². The van der Waals surface area contributed by atoms with Crippen LogP contribution in [-0.4, -0.2) is 55.0 Å². The normalized spacial score (nSPS) is 11.8. The summed E-state index contributed by atoms with van der Waals surface area (Å²) >= 11 is 1.25. The molecular weight excluding hydrogens is 501 g/mol. The van der Waals surface area contributed by atoms with Crippen molar-refractivity contribution < 1.29 is 18.0 Å². The van der Waals surface area contributed by atoms with Gasteiger partial charge in [0.15, 0.2) is 0 Å². The minimum absolute atomic E-state index is 0.113. The van der Waals surface area contributed by atoms with E-state index < -0.39 is 17.6 Å². The molecule has 3 N–H and O–H groups in total. The molecule has 4 rings (SSSR count). The van der Waals surface area contributed by atoms with Crippen LogP contribution in [0.5, 0.6) is 0 Å². The van der Waals surface area contributed by atoms with Crippen molar-refractivity contribution in [1.29, 1.82) is 0 Å². The first kappa shape index (κ1) is 26.4. The molecule has 11 heteroatoms. The third kappa shape index (κ3) is 6.36. The fourth-order valence-corrected chi connectivity index (χ4v) is 4.79. The summed E-state index contributed by atoms with van der Waals surface area (Å²) in [6.45, 7) is 1.45. The molecule has 0 radical (unpaired) electrons. The van der Waals surface area contributed by atoms with E-state index in [0.29, 0.717) is 22.6 Å². The molecule has 0 aliphatic rings. The van der Waals surface area contributed by atoms with Gasteiger partial charge < -0.3 is 20.9 Å². The molecule has 1 amide bonds. The van der Waals surface area contributed by atoms with Crippen molar-refractivity contribution in [2.45, 2.75) is 12.6 Å². The number of hydrogen-bond donors (Lipinski definition) is 2. The molecule has 4 aromatic rings. The van der Waals surface area contributed by atoms with E-state index in [2.05, 4.69) is 15.3 Å². The van der Waals surface area contributed by atoms with Gasteiger partial charge >= 0.3 is 6.18 Å². The summed E-state index contributed by atoms with van der Waals surface area (Å²) in [4.78, 5) is 26.4. The Bertz CT molecular complexity index is 1420. The average molecular weight is 529 g/mol. The molecule has 0 bridgehead atoms. The van der Waals surface area contributed by atoms with Crippen molar-refractivity contribution in [1.82, 2.24) is 14.9 Å².